The molecule has 0 unspecified atom stereocenters. The Balaban J connectivity index is 1.62. The molecular weight excluding hydrogens is 286 g/mol. The van der Waals surface area contributed by atoms with Crippen LogP contribution in [-0.4, -0.2) is 39.5 Å². The fourth-order valence-electron chi connectivity index (χ4n) is 2.03. The minimum Gasteiger partial charge on any atom is -0.374 e. The van der Waals surface area contributed by atoms with E-state index in [4.69, 9.17) is 17.3 Å². The van der Waals surface area contributed by atoms with Crippen LogP contribution in [0.25, 0.3) is 0 Å². The maximum Gasteiger partial charge on any atom is 0.207 e. The molecule has 0 spiro atoms. The van der Waals surface area contributed by atoms with Crippen molar-refractivity contribution in [2.24, 2.45) is 0 Å². The summed E-state index contributed by atoms with van der Waals surface area (Å²) in [4.78, 5) is 2.16. The minimum absolute atomic E-state index is 0.310. The molecule has 7 nitrogen and oxygen atoms in total. The van der Waals surface area contributed by atoms with Gasteiger partial charge in [-0.25, -0.2) is 0 Å². The molecule has 1 aliphatic heterocycles. The minimum atomic E-state index is 0.310. The number of aromatic nitrogens is 4. The molecule has 3 heterocycles. The molecule has 0 aromatic carbocycles. The topological polar surface area (TPSA) is 92.8 Å². The molecule has 1 saturated heterocycles. The zero-order chi connectivity index (χ0) is 13.2. The molecule has 0 bridgehead atoms. The van der Waals surface area contributed by atoms with Crippen LogP contribution < -0.4 is 16.0 Å². The number of nitrogens with one attached hydrogen (secondary N) is 1. The molecular formula is C10H12ClN7S. The van der Waals surface area contributed by atoms with Crippen molar-refractivity contribution in [2.75, 3.05) is 29.0 Å². The first kappa shape index (κ1) is 12.4. The number of hydrogen-bond donors (Lipinski definition) is 2. The van der Waals surface area contributed by atoms with Gasteiger partial charge >= 0.3 is 0 Å². The number of hydrogen-bond acceptors (Lipinski definition) is 8. The Kier molecular flexibility index (Phi) is 3.34. The maximum absolute atomic E-state index is 5.73. The highest BCUT2D eigenvalue weighted by atomic mass is 35.5. The van der Waals surface area contributed by atoms with E-state index in [1.54, 1.807) is 6.07 Å². The van der Waals surface area contributed by atoms with Crippen LogP contribution in [0.4, 0.5) is 16.1 Å². The number of nitrogens with two attached hydrogens (primary N) is 1. The van der Waals surface area contributed by atoms with Gasteiger partial charge in [0.2, 0.25) is 10.3 Å². The van der Waals surface area contributed by atoms with Crippen molar-refractivity contribution >= 4 is 39.0 Å². The smallest absolute Gasteiger partial charge is 0.207 e. The van der Waals surface area contributed by atoms with Gasteiger partial charge in [0.1, 0.15) is 0 Å². The highest BCUT2D eigenvalue weighted by Crippen LogP contribution is 2.23. The monoisotopic (exact) mass is 297 g/mol. The van der Waals surface area contributed by atoms with E-state index in [9.17, 15) is 0 Å². The second kappa shape index (κ2) is 5.14. The predicted molar refractivity (Wildman–Crippen MR) is 75.6 cm³/mol. The highest BCUT2D eigenvalue weighted by molar-refractivity contribution is 7.18. The molecule has 0 saturated carbocycles. The molecule has 1 fully saturated rings. The zero-order valence-corrected chi connectivity index (χ0v) is 11.5. The molecule has 0 radical (unpaired) electrons. The summed E-state index contributed by atoms with van der Waals surface area (Å²) in [7, 11) is 0. The van der Waals surface area contributed by atoms with Gasteiger partial charge in [0.15, 0.2) is 11.0 Å². The van der Waals surface area contributed by atoms with E-state index in [1.165, 1.54) is 11.3 Å². The molecule has 2 aromatic heterocycles. The predicted octanol–water partition coefficient (Wildman–Crippen LogP) is 1.25. The van der Waals surface area contributed by atoms with Crippen molar-refractivity contribution in [3.63, 3.8) is 0 Å². The quantitative estimate of drug-likeness (QED) is 0.880. The average Bonchev–Trinajstić information content (AvgIpc) is 3.00. The van der Waals surface area contributed by atoms with Gasteiger partial charge in [-0.2, -0.15) is 0 Å². The van der Waals surface area contributed by atoms with Crippen LogP contribution in [0.2, 0.25) is 5.15 Å². The Morgan fingerprint density at radius 1 is 1.32 bits per heavy atom. The Morgan fingerprint density at radius 2 is 2.21 bits per heavy atom. The van der Waals surface area contributed by atoms with E-state index in [0.29, 0.717) is 16.3 Å². The molecule has 0 aliphatic carbocycles. The molecule has 1 atom stereocenters. The van der Waals surface area contributed by atoms with Crippen LogP contribution in [0.1, 0.15) is 6.42 Å². The van der Waals surface area contributed by atoms with Gasteiger partial charge in [0.25, 0.3) is 0 Å². The molecule has 3 N–H and O–H groups in total. The number of nitrogens with zero attached hydrogens (tertiary/aromatic N) is 5. The van der Waals surface area contributed by atoms with Crippen molar-refractivity contribution in [1.29, 1.82) is 0 Å². The molecule has 100 valence electrons. The van der Waals surface area contributed by atoms with Gasteiger partial charge in [-0.3, -0.25) is 0 Å². The number of rotatable bonds is 3. The van der Waals surface area contributed by atoms with E-state index in [1.807, 2.05) is 6.07 Å². The summed E-state index contributed by atoms with van der Waals surface area (Å²) in [6.07, 6.45) is 1.00. The Hall–Kier alpha value is -1.67. The van der Waals surface area contributed by atoms with Gasteiger partial charge in [0.05, 0.1) is 0 Å². The SMILES string of the molecule is Nc1nnc(N[C@@H]2CCN(c3ccc(Cl)nn3)C2)s1. The summed E-state index contributed by atoms with van der Waals surface area (Å²) < 4.78 is 0. The lowest BCUT2D eigenvalue weighted by molar-refractivity contribution is 0.799. The second-order valence-electron chi connectivity index (χ2n) is 4.24. The van der Waals surface area contributed by atoms with Gasteiger partial charge in [-0.1, -0.05) is 22.9 Å². The second-order valence-corrected chi connectivity index (χ2v) is 5.63. The van der Waals surface area contributed by atoms with Crippen LogP contribution in [-0.2, 0) is 0 Å². The molecule has 9 heteroatoms. The summed E-state index contributed by atoms with van der Waals surface area (Å²) in [5, 5.41) is 20.6. The first-order valence-electron chi connectivity index (χ1n) is 5.80. The van der Waals surface area contributed by atoms with Gasteiger partial charge in [-0.05, 0) is 18.6 Å². The normalized spacial score (nSPS) is 18.8. The van der Waals surface area contributed by atoms with Crippen molar-refractivity contribution in [3.8, 4) is 0 Å². The van der Waals surface area contributed by atoms with Gasteiger partial charge < -0.3 is 16.0 Å². The summed E-state index contributed by atoms with van der Waals surface area (Å²) in [6, 6.07) is 3.93. The molecule has 3 rings (SSSR count). The largest absolute Gasteiger partial charge is 0.374 e. The average molecular weight is 298 g/mol. The summed E-state index contributed by atoms with van der Waals surface area (Å²) >= 11 is 7.08. The Labute approximate surface area is 118 Å². The zero-order valence-electron chi connectivity index (χ0n) is 9.95. The first-order chi connectivity index (χ1) is 9.20. The fourth-order valence-corrected chi connectivity index (χ4v) is 2.72. The molecule has 0 amide bonds. The van der Waals surface area contributed by atoms with E-state index >= 15 is 0 Å². The third-order valence-electron chi connectivity index (χ3n) is 2.90. The Morgan fingerprint density at radius 3 is 2.89 bits per heavy atom. The Bertz CT molecular complexity index is 557. The van der Waals surface area contributed by atoms with Crippen molar-refractivity contribution < 1.29 is 0 Å². The van der Waals surface area contributed by atoms with Crippen LogP contribution in [0, 0.1) is 0 Å². The van der Waals surface area contributed by atoms with Crippen LogP contribution in [0.5, 0.6) is 0 Å². The van der Waals surface area contributed by atoms with Crippen molar-refractivity contribution in [2.45, 2.75) is 12.5 Å². The van der Waals surface area contributed by atoms with Gasteiger partial charge in [0, 0.05) is 19.1 Å². The van der Waals surface area contributed by atoms with Crippen molar-refractivity contribution in [1.82, 2.24) is 20.4 Å². The third-order valence-corrected chi connectivity index (χ3v) is 3.78. The van der Waals surface area contributed by atoms with Crippen LogP contribution >= 0.6 is 22.9 Å². The third kappa shape index (κ3) is 2.85. The first-order valence-corrected chi connectivity index (χ1v) is 7.00. The number of anilines is 3. The van der Waals surface area contributed by atoms with E-state index in [-0.39, 0.29) is 0 Å². The molecule has 19 heavy (non-hydrogen) atoms. The van der Waals surface area contributed by atoms with Crippen LogP contribution in [0.15, 0.2) is 12.1 Å². The van der Waals surface area contributed by atoms with Crippen LogP contribution in [0.3, 0.4) is 0 Å². The standard InChI is InChI=1S/C10H12ClN7S/c11-7-1-2-8(15-14-7)18-4-3-6(5-18)13-10-17-16-9(12)19-10/h1-2,6H,3-5H2,(H2,12,16)(H,13,17)/t6-/m1/s1. The number of halogens is 1. The number of nitrogen functional groups attached to an aromatic ring is 1. The summed E-state index contributed by atoms with van der Waals surface area (Å²) in [5.41, 5.74) is 5.55. The molecule has 2 aromatic rings. The summed E-state index contributed by atoms with van der Waals surface area (Å²) in [6.45, 7) is 1.76. The summed E-state index contributed by atoms with van der Waals surface area (Å²) in [5.74, 6) is 0.838. The lowest BCUT2D eigenvalue weighted by Gasteiger charge is -2.16. The lowest BCUT2D eigenvalue weighted by atomic mass is 10.3. The molecule has 1 aliphatic rings. The highest BCUT2D eigenvalue weighted by Gasteiger charge is 2.24. The fraction of sp³-hybridized carbons (Fsp3) is 0.400. The van der Waals surface area contributed by atoms with E-state index in [2.05, 4.69) is 30.6 Å². The van der Waals surface area contributed by atoms with E-state index < -0.39 is 0 Å². The van der Waals surface area contributed by atoms with Gasteiger partial charge in [-0.15, -0.1) is 20.4 Å². The van der Waals surface area contributed by atoms with Crippen molar-refractivity contribution in [3.05, 3.63) is 17.3 Å². The maximum atomic E-state index is 5.73. The van der Waals surface area contributed by atoms with E-state index in [0.717, 1.165) is 30.5 Å². The lowest BCUT2D eigenvalue weighted by Crippen LogP contribution is -2.26.